The second kappa shape index (κ2) is 5.25. The van der Waals surface area contributed by atoms with Crippen LogP contribution in [0.15, 0.2) is 30.3 Å². The summed E-state index contributed by atoms with van der Waals surface area (Å²) in [5.41, 5.74) is 17.1. The van der Waals surface area contributed by atoms with Gasteiger partial charge in [0.1, 0.15) is 0 Å². The first-order chi connectivity index (χ1) is 9.38. The zero-order valence-electron chi connectivity index (χ0n) is 11.9. The molecule has 0 bridgehead atoms. The molecular formula is C16H19N3O. The van der Waals surface area contributed by atoms with E-state index in [-0.39, 0.29) is 0 Å². The predicted octanol–water partition coefficient (Wildman–Crippen LogP) is 3.04. The fourth-order valence-corrected chi connectivity index (χ4v) is 2.39. The lowest BCUT2D eigenvalue weighted by Gasteiger charge is -2.16. The van der Waals surface area contributed by atoms with Crippen molar-refractivity contribution in [3.8, 4) is 0 Å². The van der Waals surface area contributed by atoms with Gasteiger partial charge < -0.3 is 16.8 Å². The SMILES string of the molecule is Cc1cc(C)c(Nc2ccc(N)cc2C(N)=O)c(C)c1. The highest BCUT2D eigenvalue weighted by Crippen LogP contribution is 2.28. The molecule has 5 N–H and O–H groups in total. The summed E-state index contributed by atoms with van der Waals surface area (Å²) < 4.78 is 0. The minimum atomic E-state index is -0.498. The Morgan fingerprint density at radius 1 is 1.05 bits per heavy atom. The second-order valence-corrected chi connectivity index (χ2v) is 5.07. The third-order valence-corrected chi connectivity index (χ3v) is 3.25. The standard InChI is InChI=1S/C16H19N3O/c1-9-6-10(2)15(11(3)7-9)19-14-5-4-12(17)8-13(14)16(18)20/h4-8,19H,17H2,1-3H3,(H2,18,20). The summed E-state index contributed by atoms with van der Waals surface area (Å²) in [5.74, 6) is -0.498. The minimum Gasteiger partial charge on any atom is -0.399 e. The summed E-state index contributed by atoms with van der Waals surface area (Å²) in [6.45, 7) is 6.12. The number of carbonyl (C=O) groups excluding carboxylic acids is 1. The van der Waals surface area contributed by atoms with Crippen LogP contribution in [0.2, 0.25) is 0 Å². The fraction of sp³-hybridized carbons (Fsp3) is 0.188. The average molecular weight is 269 g/mol. The molecule has 2 aromatic rings. The Kier molecular flexibility index (Phi) is 3.66. The van der Waals surface area contributed by atoms with Crippen LogP contribution in [0.5, 0.6) is 0 Å². The van der Waals surface area contributed by atoms with Crippen molar-refractivity contribution >= 4 is 23.0 Å². The molecule has 0 heterocycles. The van der Waals surface area contributed by atoms with Crippen molar-refractivity contribution < 1.29 is 4.79 Å². The highest BCUT2D eigenvalue weighted by molar-refractivity contribution is 6.00. The maximum absolute atomic E-state index is 11.5. The summed E-state index contributed by atoms with van der Waals surface area (Å²) in [4.78, 5) is 11.5. The van der Waals surface area contributed by atoms with Gasteiger partial charge in [0.15, 0.2) is 0 Å². The minimum absolute atomic E-state index is 0.393. The van der Waals surface area contributed by atoms with Crippen molar-refractivity contribution in [3.63, 3.8) is 0 Å². The topological polar surface area (TPSA) is 81.1 Å². The molecule has 0 fully saturated rings. The van der Waals surface area contributed by atoms with Crippen LogP contribution >= 0.6 is 0 Å². The molecule has 0 aliphatic heterocycles. The van der Waals surface area contributed by atoms with Gasteiger partial charge in [-0.15, -0.1) is 0 Å². The van der Waals surface area contributed by atoms with Gasteiger partial charge in [0.2, 0.25) is 0 Å². The Bertz CT molecular complexity index is 654. The van der Waals surface area contributed by atoms with Crippen LogP contribution in [0.4, 0.5) is 17.1 Å². The number of nitrogen functional groups attached to an aromatic ring is 1. The molecular weight excluding hydrogens is 250 g/mol. The van der Waals surface area contributed by atoms with Crippen molar-refractivity contribution in [1.29, 1.82) is 0 Å². The van der Waals surface area contributed by atoms with Crippen LogP contribution in [-0.2, 0) is 0 Å². The summed E-state index contributed by atoms with van der Waals surface area (Å²) in [7, 11) is 0. The summed E-state index contributed by atoms with van der Waals surface area (Å²) in [5, 5.41) is 3.29. The molecule has 0 aliphatic rings. The summed E-state index contributed by atoms with van der Waals surface area (Å²) in [6.07, 6.45) is 0. The van der Waals surface area contributed by atoms with Gasteiger partial charge in [0, 0.05) is 11.4 Å². The van der Waals surface area contributed by atoms with Gasteiger partial charge in [-0.05, 0) is 50.1 Å². The fourth-order valence-electron chi connectivity index (χ4n) is 2.39. The smallest absolute Gasteiger partial charge is 0.250 e. The van der Waals surface area contributed by atoms with Crippen LogP contribution in [-0.4, -0.2) is 5.91 Å². The maximum atomic E-state index is 11.5. The third-order valence-electron chi connectivity index (χ3n) is 3.25. The number of benzene rings is 2. The molecule has 20 heavy (non-hydrogen) atoms. The Morgan fingerprint density at radius 2 is 1.65 bits per heavy atom. The van der Waals surface area contributed by atoms with Gasteiger partial charge in [-0.2, -0.15) is 0 Å². The van der Waals surface area contributed by atoms with Crippen LogP contribution in [0, 0.1) is 20.8 Å². The first kappa shape index (κ1) is 13.9. The van der Waals surface area contributed by atoms with Crippen LogP contribution < -0.4 is 16.8 Å². The number of amides is 1. The van der Waals surface area contributed by atoms with E-state index in [0.29, 0.717) is 16.9 Å². The number of primary amides is 1. The van der Waals surface area contributed by atoms with E-state index in [1.807, 2.05) is 13.8 Å². The second-order valence-electron chi connectivity index (χ2n) is 5.07. The quantitative estimate of drug-likeness (QED) is 0.749. The van der Waals surface area contributed by atoms with Crippen molar-refractivity contribution in [3.05, 3.63) is 52.6 Å². The molecule has 2 aromatic carbocycles. The van der Waals surface area contributed by atoms with Crippen molar-refractivity contribution in [1.82, 2.24) is 0 Å². The molecule has 2 rings (SSSR count). The lowest BCUT2D eigenvalue weighted by atomic mass is 10.0. The first-order valence-corrected chi connectivity index (χ1v) is 6.42. The molecule has 0 spiro atoms. The molecule has 1 amide bonds. The number of aryl methyl sites for hydroxylation is 3. The van der Waals surface area contributed by atoms with Crippen molar-refractivity contribution in [2.24, 2.45) is 5.73 Å². The van der Waals surface area contributed by atoms with Crippen molar-refractivity contribution in [2.45, 2.75) is 20.8 Å². The van der Waals surface area contributed by atoms with Crippen molar-refractivity contribution in [2.75, 3.05) is 11.1 Å². The highest BCUT2D eigenvalue weighted by atomic mass is 16.1. The van der Waals surface area contributed by atoms with E-state index < -0.39 is 5.91 Å². The molecule has 4 heteroatoms. The Hall–Kier alpha value is -2.49. The molecule has 0 radical (unpaired) electrons. The highest BCUT2D eigenvalue weighted by Gasteiger charge is 2.11. The Labute approximate surface area is 118 Å². The Morgan fingerprint density at radius 3 is 2.20 bits per heavy atom. The van der Waals surface area contributed by atoms with Gasteiger partial charge in [0.05, 0.1) is 11.3 Å². The van der Waals surface area contributed by atoms with Crippen LogP contribution in [0.25, 0.3) is 0 Å². The third kappa shape index (κ3) is 2.74. The molecule has 4 nitrogen and oxygen atoms in total. The van der Waals surface area contributed by atoms with E-state index in [0.717, 1.165) is 16.8 Å². The van der Waals surface area contributed by atoms with Gasteiger partial charge in [-0.3, -0.25) is 4.79 Å². The van der Waals surface area contributed by atoms with Gasteiger partial charge in [0.25, 0.3) is 5.91 Å². The first-order valence-electron chi connectivity index (χ1n) is 6.42. The predicted molar refractivity (Wildman–Crippen MR) is 83.3 cm³/mol. The number of hydrogen-bond donors (Lipinski definition) is 3. The van der Waals surface area contributed by atoms with Gasteiger partial charge >= 0.3 is 0 Å². The monoisotopic (exact) mass is 269 g/mol. The largest absolute Gasteiger partial charge is 0.399 e. The number of nitrogens with two attached hydrogens (primary N) is 2. The van der Waals surface area contributed by atoms with Crippen LogP contribution in [0.1, 0.15) is 27.0 Å². The van der Waals surface area contributed by atoms with Gasteiger partial charge in [-0.25, -0.2) is 0 Å². The van der Waals surface area contributed by atoms with E-state index in [9.17, 15) is 4.79 Å². The molecule has 0 unspecified atom stereocenters. The van der Waals surface area contributed by atoms with E-state index in [1.165, 1.54) is 5.56 Å². The average Bonchev–Trinajstić information content (AvgIpc) is 2.34. The van der Waals surface area contributed by atoms with E-state index >= 15 is 0 Å². The number of carbonyl (C=O) groups is 1. The van der Waals surface area contributed by atoms with Gasteiger partial charge in [-0.1, -0.05) is 17.7 Å². The molecule has 0 aliphatic carbocycles. The number of rotatable bonds is 3. The lowest BCUT2D eigenvalue weighted by molar-refractivity contribution is 0.100. The van der Waals surface area contributed by atoms with E-state index in [2.05, 4.69) is 24.4 Å². The zero-order chi connectivity index (χ0) is 14.9. The summed E-state index contributed by atoms with van der Waals surface area (Å²) >= 11 is 0. The number of hydrogen-bond acceptors (Lipinski definition) is 3. The van der Waals surface area contributed by atoms with E-state index in [1.54, 1.807) is 18.2 Å². The number of anilines is 3. The molecule has 0 saturated carbocycles. The number of nitrogens with one attached hydrogen (secondary N) is 1. The molecule has 0 saturated heterocycles. The lowest BCUT2D eigenvalue weighted by Crippen LogP contribution is -2.14. The van der Waals surface area contributed by atoms with Crippen LogP contribution in [0.3, 0.4) is 0 Å². The molecule has 104 valence electrons. The molecule has 0 atom stereocenters. The normalized spacial score (nSPS) is 10.3. The molecule has 0 aromatic heterocycles. The zero-order valence-corrected chi connectivity index (χ0v) is 11.9. The van der Waals surface area contributed by atoms with E-state index in [4.69, 9.17) is 11.5 Å². The maximum Gasteiger partial charge on any atom is 0.250 e. The Balaban J connectivity index is 2.48. The summed E-state index contributed by atoms with van der Waals surface area (Å²) in [6, 6.07) is 9.29.